The minimum atomic E-state index is -0.231. The van der Waals surface area contributed by atoms with Gasteiger partial charge in [-0.1, -0.05) is 74.5 Å². The molecule has 0 unspecified atom stereocenters. The number of rotatable bonds is 2. The first kappa shape index (κ1) is 30.7. The summed E-state index contributed by atoms with van der Waals surface area (Å²) in [5.41, 5.74) is 15.8. The summed E-state index contributed by atoms with van der Waals surface area (Å²) in [4.78, 5) is 0. The fourth-order valence-electron chi connectivity index (χ4n) is 9.84. The second kappa shape index (κ2) is 10.7. The summed E-state index contributed by atoms with van der Waals surface area (Å²) in [5.74, 6) is 0. The van der Waals surface area contributed by atoms with Crippen LogP contribution in [0, 0.1) is 0 Å². The van der Waals surface area contributed by atoms with Crippen molar-refractivity contribution in [1.29, 1.82) is 0 Å². The highest BCUT2D eigenvalue weighted by molar-refractivity contribution is 6.15. The number of hydrogen-bond acceptors (Lipinski definition) is 2. The zero-order valence-corrected chi connectivity index (χ0v) is 31.1. The molecule has 0 aliphatic heterocycles. The van der Waals surface area contributed by atoms with Crippen LogP contribution in [-0.2, 0) is 5.41 Å². The highest BCUT2D eigenvalue weighted by atomic mass is 16.3. The molecule has 4 aromatic heterocycles. The van der Waals surface area contributed by atoms with Gasteiger partial charge >= 0.3 is 0 Å². The maximum absolute atomic E-state index is 6.23. The van der Waals surface area contributed by atoms with Crippen LogP contribution in [0.1, 0.15) is 38.8 Å². The smallest absolute Gasteiger partial charge is 0.135 e. The maximum Gasteiger partial charge on any atom is 0.135 e. The lowest BCUT2D eigenvalue weighted by molar-refractivity contribution is 0.575. The molecule has 55 heavy (non-hydrogen) atoms. The summed E-state index contributed by atoms with van der Waals surface area (Å²) >= 11 is 0. The van der Waals surface area contributed by atoms with Crippen LogP contribution in [-0.4, -0.2) is 9.13 Å². The third kappa shape index (κ3) is 3.96. The van der Waals surface area contributed by atoms with E-state index >= 15 is 0 Å². The molecule has 0 saturated heterocycles. The lowest BCUT2D eigenvalue weighted by atomic mass is 9.82. The monoisotopic (exact) mass is 708 g/mol. The maximum atomic E-state index is 6.23. The van der Waals surface area contributed by atoms with E-state index in [1.54, 1.807) is 0 Å². The molecule has 7 aromatic carbocycles. The Morgan fingerprint density at radius 3 is 1.53 bits per heavy atom. The number of nitrogens with zero attached hydrogens (tertiary/aromatic N) is 2. The van der Waals surface area contributed by atoms with Crippen molar-refractivity contribution in [2.75, 3.05) is 0 Å². The zero-order valence-electron chi connectivity index (χ0n) is 31.1. The van der Waals surface area contributed by atoms with Gasteiger partial charge in [-0.05, 0) is 121 Å². The highest BCUT2D eigenvalue weighted by Gasteiger charge is 2.37. The van der Waals surface area contributed by atoms with Crippen molar-refractivity contribution in [1.82, 2.24) is 9.13 Å². The Morgan fingerprint density at radius 1 is 0.436 bits per heavy atom. The number of fused-ring (bicyclic) bond motifs is 13. The van der Waals surface area contributed by atoms with Crippen molar-refractivity contribution in [3.8, 4) is 22.5 Å². The van der Waals surface area contributed by atoms with Crippen LogP contribution in [0.4, 0.5) is 0 Å². The molecule has 0 amide bonds. The van der Waals surface area contributed by atoms with Crippen molar-refractivity contribution in [2.24, 2.45) is 0 Å². The van der Waals surface area contributed by atoms with Crippen molar-refractivity contribution >= 4 is 88.7 Å². The molecular weight excluding hydrogens is 673 g/mol. The van der Waals surface area contributed by atoms with Gasteiger partial charge in [0.2, 0.25) is 0 Å². The van der Waals surface area contributed by atoms with E-state index in [0.29, 0.717) is 0 Å². The van der Waals surface area contributed by atoms with Gasteiger partial charge in [-0.2, -0.15) is 0 Å². The van der Waals surface area contributed by atoms with E-state index in [4.69, 9.17) is 8.83 Å². The first-order valence-electron chi connectivity index (χ1n) is 19.2. The topological polar surface area (TPSA) is 36.1 Å². The second-order valence-electron chi connectivity index (χ2n) is 15.6. The minimum absolute atomic E-state index is 0.231. The Bertz CT molecular complexity index is 3600. The molecule has 0 N–H and O–H groups in total. The van der Waals surface area contributed by atoms with Crippen molar-refractivity contribution in [2.45, 2.75) is 33.1 Å². The highest BCUT2D eigenvalue weighted by Crippen LogP contribution is 2.53. The molecule has 0 spiro atoms. The molecule has 0 atom stereocenters. The Hall–Kier alpha value is -6.78. The van der Waals surface area contributed by atoms with Crippen LogP contribution in [0.5, 0.6) is 0 Å². The van der Waals surface area contributed by atoms with Crippen molar-refractivity contribution < 1.29 is 8.83 Å². The number of aromatic nitrogens is 2. The number of hydrogen-bond donors (Lipinski definition) is 0. The van der Waals surface area contributed by atoms with Crippen LogP contribution < -0.4 is 10.6 Å². The normalized spacial score (nSPS) is 14.5. The molecule has 0 bridgehead atoms. The third-order valence-electron chi connectivity index (χ3n) is 12.4. The Balaban J connectivity index is 1.11. The van der Waals surface area contributed by atoms with Crippen LogP contribution in [0.3, 0.4) is 0 Å². The van der Waals surface area contributed by atoms with Gasteiger partial charge in [0, 0.05) is 59.7 Å². The van der Waals surface area contributed by atoms with E-state index in [9.17, 15) is 0 Å². The van der Waals surface area contributed by atoms with Gasteiger partial charge in [0.15, 0.2) is 0 Å². The summed E-state index contributed by atoms with van der Waals surface area (Å²) in [6, 6.07) is 49.1. The second-order valence-corrected chi connectivity index (χ2v) is 15.6. The minimum Gasteiger partial charge on any atom is -0.456 e. The van der Waals surface area contributed by atoms with Crippen molar-refractivity contribution in [3.63, 3.8) is 0 Å². The predicted molar refractivity (Wildman–Crippen MR) is 229 cm³/mol. The van der Waals surface area contributed by atoms with Crippen LogP contribution >= 0.6 is 0 Å². The summed E-state index contributed by atoms with van der Waals surface area (Å²) in [6.07, 6.45) is 4.20. The average molecular weight is 709 g/mol. The van der Waals surface area contributed by atoms with Gasteiger partial charge in [-0.15, -0.1) is 0 Å². The Morgan fingerprint density at radius 2 is 0.945 bits per heavy atom. The van der Waals surface area contributed by atoms with Gasteiger partial charge in [0.25, 0.3) is 0 Å². The quantitative estimate of drug-likeness (QED) is 0.179. The third-order valence-corrected chi connectivity index (χ3v) is 12.4. The molecule has 1 aliphatic rings. The molecule has 4 heteroatoms. The summed E-state index contributed by atoms with van der Waals surface area (Å²) in [7, 11) is 0. The molecule has 12 rings (SSSR count). The number of benzene rings is 7. The molecule has 1 aliphatic carbocycles. The molecule has 4 nitrogen and oxygen atoms in total. The average Bonchev–Trinajstić information content (AvgIpc) is 3.99. The first-order chi connectivity index (χ1) is 26.9. The number of para-hydroxylation sites is 3. The molecular formula is C51H36N2O2. The van der Waals surface area contributed by atoms with Crippen LogP contribution in [0.2, 0.25) is 0 Å². The summed E-state index contributed by atoms with van der Waals surface area (Å²) in [5, 5.41) is 9.57. The van der Waals surface area contributed by atoms with E-state index in [0.717, 1.165) is 54.9 Å². The fourth-order valence-corrected chi connectivity index (χ4v) is 9.84. The SMILES string of the molecule is C/C=c1\c(=C/C)oc2ccc(-n3c4ccccc4c4cc5c(cc43)C(C)(C)c3cc4c(cc3-5)c3ccccc3n4-c3ccc4oc5ccccc5c4c3)cc12. The Kier molecular flexibility index (Phi) is 5.95. The summed E-state index contributed by atoms with van der Waals surface area (Å²) < 4.78 is 17.3. The lowest BCUT2D eigenvalue weighted by Gasteiger charge is -2.22. The molecule has 4 heterocycles. The van der Waals surface area contributed by atoms with Gasteiger partial charge in [0.1, 0.15) is 22.2 Å². The van der Waals surface area contributed by atoms with Gasteiger partial charge in [-0.3, -0.25) is 0 Å². The van der Waals surface area contributed by atoms with E-state index in [1.165, 1.54) is 65.9 Å². The first-order valence-corrected chi connectivity index (χ1v) is 19.2. The van der Waals surface area contributed by atoms with Crippen LogP contribution in [0.25, 0.3) is 111 Å². The van der Waals surface area contributed by atoms with Gasteiger partial charge in [-0.25, -0.2) is 0 Å². The predicted octanol–water partition coefficient (Wildman–Crippen LogP) is 12.4. The van der Waals surface area contributed by atoms with Gasteiger partial charge in [0.05, 0.1) is 22.1 Å². The van der Waals surface area contributed by atoms with E-state index < -0.39 is 0 Å². The van der Waals surface area contributed by atoms with Gasteiger partial charge < -0.3 is 18.0 Å². The number of furan rings is 2. The van der Waals surface area contributed by atoms with Crippen LogP contribution in [0.15, 0.2) is 142 Å². The molecule has 11 aromatic rings. The molecule has 0 fully saturated rings. The standard InChI is InChI=1S/C51H36N2O2/c1-5-31-39-23-29(19-21-49(39)54-47(31)6-2)52-43-16-10-7-13-32(43)37-25-35-36-26-38-33-14-8-11-17-44(33)53(46(38)28-42(36)51(3,4)41(35)27-45(37)52)30-20-22-50-40(24-30)34-15-9-12-18-48(34)55-50/h5-28H,1-4H3/b31-5-,47-6+. The van der Waals surface area contributed by atoms with E-state index in [-0.39, 0.29) is 5.41 Å². The fraction of sp³-hybridized carbons (Fsp3) is 0.0980. The summed E-state index contributed by atoms with van der Waals surface area (Å²) in [6.45, 7) is 8.90. The molecule has 262 valence electrons. The van der Waals surface area contributed by atoms with Crippen molar-refractivity contribution in [3.05, 3.63) is 155 Å². The largest absolute Gasteiger partial charge is 0.456 e. The zero-order chi connectivity index (χ0) is 36.7. The van der Waals surface area contributed by atoms with E-state index in [1.807, 2.05) is 25.1 Å². The molecule has 0 radical (unpaired) electrons. The molecule has 0 saturated carbocycles. The van der Waals surface area contributed by atoms with E-state index in [2.05, 4.69) is 157 Å². The lowest BCUT2D eigenvalue weighted by Crippen LogP contribution is -2.18. The Labute approximate surface area is 316 Å².